The molecule has 34 heavy (non-hydrogen) atoms. The highest BCUT2D eigenvalue weighted by Crippen LogP contribution is 2.28. The molecule has 2 aromatic carbocycles. The number of carbonyl (C=O) groups is 2. The number of hydrogen-bond donors (Lipinski definition) is 0. The van der Waals surface area contributed by atoms with Crippen LogP contribution in [0.5, 0.6) is 0 Å². The molecular formula is C24H26N4O6. The molecule has 0 saturated heterocycles. The molecule has 0 aliphatic rings. The number of rotatable bonds is 9. The van der Waals surface area contributed by atoms with Crippen LogP contribution in [0.1, 0.15) is 25.0 Å². The van der Waals surface area contributed by atoms with Crippen LogP contribution >= 0.6 is 0 Å². The largest absolute Gasteiger partial charge is 0.449 e. The Labute approximate surface area is 197 Å². The third kappa shape index (κ3) is 6.62. The normalized spacial score (nSPS) is 9.88. The summed E-state index contributed by atoms with van der Waals surface area (Å²) in [5.74, 6) is 0. The Morgan fingerprint density at radius 2 is 1.15 bits per heavy atom. The average molecular weight is 466 g/mol. The van der Waals surface area contributed by atoms with Gasteiger partial charge in [0.05, 0.1) is 24.6 Å². The lowest BCUT2D eigenvalue weighted by Crippen LogP contribution is -2.42. The van der Waals surface area contributed by atoms with Crippen molar-refractivity contribution in [2.24, 2.45) is 9.98 Å². The summed E-state index contributed by atoms with van der Waals surface area (Å²) in [4.78, 5) is 57.0. The summed E-state index contributed by atoms with van der Waals surface area (Å²) in [7, 11) is 0. The van der Waals surface area contributed by atoms with Crippen molar-refractivity contribution in [3.8, 4) is 0 Å². The van der Waals surface area contributed by atoms with Crippen LogP contribution in [0.25, 0.3) is 0 Å². The van der Waals surface area contributed by atoms with E-state index in [4.69, 9.17) is 9.47 Å². The summed E-state index contributed by atoms with van der Waals surface area (Å²) >= 11 is 0. The number of amides is 2. The first-order valence-corrected chi connectivity index (χ1v) is 10.6. The quantitative estimate of drug-likeness (QED) is 0.384. The van der Waals surface area contributed by atoms with Gasteiger partial charge in [0, 0.05) is 24.5 Å². The Bertz CT molecular complexity index is 1050. The molecule has 178 valence electrons. The van der Waals surface area contributed by atoms with Crippen LogP contribution in [0, 0.1) is 13.8 Å². The average Bonchev–Trinajstić information content (AvgIpc) is 2.81. The summed E-state index contributed by atoms with van der Waals surface area (Å²) in [6.45, 7) is 7.26. The Hall–Kier alpha value is -4.26. The molecule has 0 radical (unpaired) electrons. The number of aliphatic imine (C=N–C) groups is 2. The topological polar surface area (TPSA) is 118 Å². The van der Waals surface area contributed by atoms with Crippen LogP contribution < -0.4 is 9.80 Å². The smallest absolute Gasteiger partial charge is 0.414 e. The number of carbonyl (C=O) groups excluding carboxylic acids is 4. The van der Waals surface area contributed by atoms with Gasteiger partial charge < -0.3 is 9.47 Å². The number of aryl methyl sites for hydroxylation is 2. The minimum absolute atomic E-state index is 0.0328. The van der Waals surface area contributed by atoms with Gasteiger partial charge in [0.15, 0.2) is 0 Å². The molecule has 2 rings (SSSR count). The molecule has 0 fully saturated rings. The number of nitrogens with zero attached hydrogens (tertiary/aromatic N) is 4. The third-order valence-corrected chi connectivity index (χ3v) is 4.86. The monoisotopic (exact) mass is 466 g/mol. The van der Waals surface area contributed by atoms with E-state index in [1.165, 1.54) is 22.0 Å². The Morgan fingerprint density at radius 3 is 1.47 bits per heavy atom. The van der Waals surface area contributed by atoms with Crippen molar-refractivity contribution in [2.45, 2.75) is 27.7 Å². The number of ether oxygens (including phenoxy) is 2. The lowest BCUT2D eigenvalue weighted by molar-refractivity contribution is 0.156. The second kappa shape index (κ2) is 12.7. The predicted molar refractivity (Wildman–Crippen MR) is 127 cm³/mol. The fourth-order valence-corrected chi connectivity index (χ4v) is 3.12. The molecule has 2 aromatic rings. The molecule has 10 heteroatoms. The minimum atomic E-state index is -0.633. The van der Waals surface area contributed by atoms with Crippen LogP contribution in [-0.4, -0.2) is 50.6 Å². The van der Waals surface area contributed by atoms with Gasteiger partial charge in [-0.2, -0.15) is 9.98 Å². The fourth-order valence-electron chi connectivity index (χ4n) is 3.12. The molecule has 0 heterocycles. The summed E-state index contributed by atoms with van der Waals surface area (Å²) < 4.78 is 10.4. The van der Waals surface area contributed by atoms with Gasteiger partial charge in [-0.15, -0.1) is 0 Å². The highest BCUT2D eigenvalue weighted by molar-refractivity contribution is 5.91. The molecule has 0 spiro atoms. The van der Waals surface area contributed by atoms with Crippen molar-refractivity contribution in [2.75, 3.05) is 36.1 Å². The van der Waals surface area contributed by atoms with E-state index in [9.17, 15) is 19.2 Å². The zero-order valence-electron chi connectivity index (χ0n) is 19.5. The van der Waals surface area contributed by atoms with Crippen molar-refractivity contribution in [3.05, 3.63) is 47.5 Å². The van der Waals surface area contributed by atoms with Gasteiger partial charge >= 0.3 is 12.2 Å². The van der Waals surface area contributed by atoms with Gasteiger partial charge in [-0.25, -0.2) is 19.2 Å². The summed E-state index contributed by atoms with van der Waals surface area (Å²) in [6.07, 6.45) is 1.74. The summed E-state index contributed by atoms with van der Waals surface area (Å²) in [5, 5.41) is 0. The molecule has 0 unspecified atom stereocenters. The Balaban J connectivity index is 2.44. The molecule has 10 nitrogen and oxygen atoms in total. The maximum absolute atomic E-state index is 12.7. The number of benzene rings is 2. The highest BCUT2D eigenvalue weighted by Gasteiger charge is 2.23. The summed E-state index contributed by atoms with van der Waals surface area (Å²) in [6, 6.07) is 9.93. The molecule has 2 amide bonds. The molecule has 0 atom stereocenters. The third-order valence-electron chi connectivity index (χ3n) is 4.86. The first-order valence-electron chi connectivity index (χ1n) is 10.6. The zero-order chi connectivity index (χ0) is 25.1. The van der Waals surface area contributed by atoms with E-state index in [2.05, 4.69) is 9.98 Å². The second-order valence-corrected chi connectivity index (χ2v) is 7.05. The lowest BCUT2D eigenvalue weighted by Gasteiger charge is -2.27. The van der Waals surface area contributed by atoms with E-state index in [0.29, 0.717) is 22.7 Å². The van der Waals surface area contributed by atoms with E-state index in [0.717, 1.165) is 11.1 Å². The second-order valence-electron chi connectivity index (χ2n) is 7.05. The van der Waals surface area contributed by atoms with E-state index in [1.807, 2.05) is 0 Å². The number of anilines is 2. The molecule has 0 aliphatic heterocycles. The van der Waals surface area contributed by atoms with Crippen LogP contribution in [-0.2, 0) is 19.1 Å². The molecular weight excluding hydrogens is 440 g/mol. The van der Waals surface area contributed by atoms with Crippen molar-refractivity contribution < 1.29 is 28.7 Å². The summed E-state index contributed by atoms with van der Waals surface area (Å²) in [5.41, 5.74) is 3.03. The van der Waals surface area contributed by atoms with E-state index in [-0.39, 0.29) is 26.3 Å². The maximum atomic E-state index is 12.7. The van der Waals surface area contributed by atoms with Crippen LogP contribution in [0.4, 0.5) is 32.3 Å². The van der Waals surface area contributed by atoms with Crippen molar-refractivity contribution in [1.82, 2.24) is 0 Å². The van der Waals surface area contributed by atoms with Gasteiger partial charge in [0.2, 0.25) is 12.2 Å². The van der Waals surface area contributed by atoms with Gasteiger partial charge in [0.25, 0.3) is 0 Å². The molecule has 0 N–H and O–H groups in total. The molecule has 0 saturated carbocycles. The van der Waals surface area contributed by atoms with Gasteiger partial charge in [-0.3, -0.25) is 9.80 Å². The fraction of sp³-hybridized carbons (Fsp3) is 0.333. The van der Waals surface area contributed by atoms with Gasteiger partial charge in [0.1, 0.15) is 0 Å². The van der Waals surface area contributed by atoms with Gasteiger partial charge in [-0.1, -0.05) is 12.1 Å². The molecule has 0 bridgehead atoms. The predicted octanol–water partition coefficient (Wildman–Crippen LogP) is 4.86. The highest BCUT2D eigenvalue weighted by atomic mass is 16.6. The number of hydrogen-bond acceptors (Lipinski definition) is 8. The Kier molecular flexibility index (Phi) is 9.71. The van der Waals surface area contributed by atoms with E-state index >= 15 is 0 Å². The van der Waals surface area contributed by atoms with Crippen molar-refractivity contribution in [3.63, 3.8) is 0 Å². The minimum Gasteiger partial charge on any atom is -0.449 e. The SMILES string of the molecule is CCOC(=O)N(CCN(C(=O)OCC)c1ccc(C)c(N=C=O)c1)c1ccc(C)c(N=C=O)c1. The van der Waals surface area contributed by atoms with Crippen LogP contribution in [0.3, 0.4) is 0 Å². The van der Waals surface area contributed by atoms with Crippen LogP contribution in [0.15, 0.2) is 46.4 Å². The molecule has 0 aliphatic carbocycles. The maximum Gasteiger partial charge on any atom is 0.414 e. The standard InChI is InChI=1S/C24H26N4O6/c1-5-33-23(31)27(19-9-7-17(3)21(13-19)25-15-29)11-12-28(24(32)34-6-2)20-10-8-18(4)22(14-20)26-16-30/h7-10,13-14H,5-6,11-12H2,1-4H3. The zero-order valence-corrected chi connectivity index (χ0v) is 19.5. The van der Waals surface area contributed by atoms with Crippen LogP contribution in [0.2, 0.25) is 0 Å². The van der Waals surface area contributed by atoms with E-state index < -0.39 is 12.2 Å². The number of isocyanates is 2. The van der Waals surface area contributed by atoms with Crippen molar-refractivity contribution in [1.29, 1.82) is 0 Å². The van der Waals surface area contributed by atoms with E-state index in [1.54, 1.807) is 64.1 Å². The Morgan fingerprint density at radius 1 is 0.765 bits per heavy atom. The van der Waals surface area contributed by atoms with Crippen molar-refractivity contribution >= 4 is 47.1 Å². The molecule has 0 aromatic heterocycles. The first kappa shape index (κ1) is 26.0. The first-order chi connectivity index (χ1) is 16.4. The lowest BCUT2D eigenvalue weighted by atomic mass is 10.1. The van der Waals surface area contributed by atoms with Gasteiger partial charge in [-0.05, 0) is 63.1 Å².